The number of rotatable bonds is 9. The van der Waals surface area contributed by atoms with Crippen molar-refractivity contribution in [3.63, 3.8) is 0 Å². The van der Waals surface area contributed by atoms with Crippen molar-refractivity contribution < 1.29 is 9.53 Å². The van der Waals surface area contributed by atoms with Gasteiger partial charge in [0.2, 0.25) is 5.91 Å². The van der Waals surface area contributed by atoms with Gasteiger partial charge in [-0.2, -0.15) is 0 Å². The number of hydrogen-bond donors (Lipinski definition) is 1. The number of piperidine rings is 1. The van der Waals surface area contributed by atoms with Crippen LogP contribution in [0.3, 0.4) is 0 Å². The zero-order chi connectivity index (χ0) is 26.4. The molecular formula is C34H42N2O2. The summed E-state index contributed by atoms with van der Waals surface area (Å²) >= 11 is 0. The van der Waals surface area contributed by atoms with E-state index in [4.69, 9.17) is 4.74 Å². The minimum atomic E-state index is -0.257. The molecule has 1 fully saturated rings. The smallest absolute Gasteiger partial charge is 0.216 e. The second kappa shape index (κ2) is 11.7. The van der Waals surface area contributed by atoms with Crippen molar-refractivity contribution in [2.75, 3.05) is 26.7 Å². The second-order valence-electron chi connectivity index (χ2n) is 11.3. The van der Waals surface area contributed by atoms with Gasteiger partial charge in [-0.3, -0.25) is 9.69 Å². The van der Waals surface area contributed by atoms with Crippen LogP contribution in [-0.4, -0.2) is 43.1 Å². The van der Waals surface area contributed by atoms with E-state index >= 15 is 0 Å². The summed E-state index contributed by atoms with van der Waals surface area (Å²) in [5.41, 5.74) is 5.51. The topological polar surface area (TPSA) is 41.6 Å². The van der Waals surface area contributed by atoms with Gasteiger partial charge in [-0.25, -0.2) is 0 Å². The van der Waals surface area contributed by atoms with Crippen LogP contribution in [0.5, 0.6) is 5.75 Å². The van der Waals surface area contributed by atoms with E-state index in [2.05, 4.69) is 89.1 Å². The molecule has 38 heavy (non-hydrogen) atoms. The lowest BCUT2D eigenvalue weighted by Crippen LogP contribution is -2.55. The third-order valence-corrected chi connectivity index (χ3v) is 9.11. The van der Waals surface area contributed by atoms with Gasteiger partial charge >= 0.3 is 0 Å². The van der Waals surface area contributed by atoms with E-state index in [-0.39, 0.29) is 16.9 Å². The lowest BCUT2D eigenvalue weighted by atomic mass is 9.70. The molecule has 1 N–H and O–H groups in total. The molecule has 1 unspecified atom stereocenters. The highest BCUT2D eigenvalue weighted by Gasteiger charge is 2.42. The monoisotopic (exact) mass is 510 g/mol. The Morgan fingerprint density at radius 3 is 2.32 bits per heavy atom. The number of carbonyl (C=O) groups excluding carboxylic acids is 1. The standard InChI is InChI=1S/C34H42N2O2/c1-27(37)35-26-34(30-12-5-3-6-13-30,31-14-7-4-8-15-31)20-11-23-36-22-10-9-19-33(36)21-18-28-24-32(38-2)17-16-29(28)25-33/h3-8,12-17,24H,9-11,18-23,25-26H2,1-2H3,(H,35,37). The molecule has 200 valence electrons. The van der Waals surface area contributed by atoms with Gasteiger partial charge in [0.05, 0.1) is 7.11 Å². The molecule has 5 rings (SSSR count). The van der Waals surface area contributed by atoms with Gasteiger partial charge in [-0.05, 0) is 92.4 Å². The van der Waals surface area contributed by atoms with Gasteiger partial charge in [0.1, 0.15) is 5.75 Å². The average molecular weight is 511 g/mol. The van der Waals surface area contributed by atoms with Crippen LogP contribution in [0.25, 0.3) is 0 Å². The summed E-state index contributed by atoms with van der Waals surface area (Å²) in [5, 5.41) is 3.19. The van der Waals surface area contributed by atoms with Gasteiger partial charge in [0.15, 0.2) is 0 Å². The van der Waals surface area contributed by atoms with Crippen LogP contribution in [0.1, 0.15) is 67.7 Å². The molecule has 1 spiro atoms. The highest BCUT2D eigenvalue weighted by molar-refractivity contribution is 5.73. The third-order valence-electron chi connectivity index (χ3n) is 9.11. The molecule has 2 aliphatic rings. The Hall–Kier alpha value is -3.11. The van der Waals surface area contributed by atoms with Crippen molar-refractivity contribution >= 4 is 5.91 Å². The Kier molecular flexibility index (Phi) is 8.18. The number of methoxy groups -OCH3 is 1. The first-order valence-corrected chi connectivity index (χ1v) is 14.3. The van der Waals surface area contributed by atoms with E-state index < -0.39 is 0 Å². The third kappa shape index (κ3) is 5.51. The number of amides is 1. The summed E-state index contributed by atoms with van der Waals surface area (Å²) < 4.78 is 5.49. The molecule has 0 radical (unpaired) electrons. The average Bonchev–Trinajstić information content (AvgIpc) is 2.96. The predicted octanol–water partition coefficient (Wildman–Crippen LogP) is 6.31. The van der Waals surface area contributed by atoms with E-state index in [1.807, 2.05) is 0 Å². The first-order chi connectivity index (χ1) is 18.5. The molecule has 0 saturated carbocycles. The van der Waals surface area contributed by atoms with Crippen LogP contribution < -0.4 is 10.1 Å². The lowest BCUT2D eigenvalue weighted by Gasteiger charge is -2.50. The second-order valence-corrected chi connectivity index (χ2v) is 11.3. The van der Waals surface area contributed by atoms with E-state index in [0.29, 0.717) is 6.54 Å². The van der Waals surface area contributed by atoms with Crippen LogP contribution in [0.4, 0.5) is 0 Å². The number of aryl methyl sites for hydroxylation is 1. The largest absolute Gasteiger partial charge is 0.497 e. The van der Waals surface area contributed by atoms with Crippen LogP contribution in [0.2, 0.25) is 0 Å². The maximum Gasteiger partial charge on any atom is 0.216 e. The van der Waals surface area contributed by atoms with Gasteiger partial charge in [0, 0.05) is 24.4 Å². The van der Waals surface area contributed by atoms with Crippen molar-refractivity contribution in [3.05, 3.63) is 101 Å². The van der Waals surface area contributed by atoms with E-state index in [1.165, 1.54) is 54.5 Å². The van der Waals surface area contributed by atoms with Crippen LogP contribution >= 0.6 is 0 Å². The van der Waals surface area contributed by atoms with Crippen molar-refractivity contribution in [3.8, 4) is 5.75 Å². The van der Waals surface area contributed by atoms with Crippen molar-refractivity contribution in [1.82, 2.24) is 10.2 Å². The molecule has 4 nitrogen and oxygen atoms in total. The highest BCUT2D eigenvalue weighted by Crippen LogP contribution is 2.42. The van der Waals surface area contributed by atoms with E-state index in [9.17, 15) is 4.79 Å². The molecule has 1 saturated heterocycles. The number of fused-ring (bicyclic) bond motifs is 1. The van der Waals surface area contributed by atoms with Crippen molar-refractivity contribution in [2.45, 2.75) is 69.2 Å². The summed E-state index contributed by atoms with van der Waals surface area (Å²) in [6.07, 6.45) is 9.45. The van der Waals surface area contributed by atoms with Crippen LogP contribution in [0, 0.1) is 0 Å². The summed E-state index contributed by atoms with van der Waals surface area (Å²) in [6.45, 7) is 4.50. The van der Waals surface area contributed by atoms with Crippen molar-refractivity contribution in [2.24, 2.45) is 0 Å². The molecule has 3 aromatic rings. The molecule has 1 atom stereocenters. The minimum Gasteiger partial charge on any atom is -0.497 e. The van der Waals surface area contributed by atoms with E-state index in [0.717, 1.165) is 38.0 Å². The SMILES string of the molecule is COc1ccc2c(c1)CCC1(CCCCN1CCCC(CNC(C)=O)(c1ccccc1)c1ccccc1)C2. The fourth-order valence-electron chi connectivity index (χ4n) is 7.04. The highest BCUT2D eigenvalue weighted by atomic mass is 16.5. The molecule has 0 aromatic heterocycles. The maximum atomic E-state index is 12.1. The number of nitrogens with one attached hydrogen (secondary N) is 1. The van der Waals surface area contributed by atoms with Crippen molar-refractivity contribution in [1.29, 1.82) is 0 Å². The number of carbonyl (C=O) groups is 1. The zero-order valence-corrected chi connectivity index (χ0v) is 23.0. The Labute approximate surface area is 228 Å². The van der Waals surface area contributed by atoms with E-state index in [1.54, 1.807) is 14.0 Å². The summed E-state index contributed by atoms with van der Waals surface area (Å²) in [7, 11) is 1.76. The molecule has 1 amide bonds. The molecule has 1 heterocycles. The number of hydrogen-bond acceptors (Lipinski definition) is 3. The molecular weight excluding hydrogens is 468 g/mol. The quantitative estimate of drug-likeness (QED) is 0.367. The molecule has 4 heteroatoms. The normalized spacial score (nSPS) is 19.6. The molecule has 0 bridgehead atoms. The fraction of sp³-hybridized carbons (Fsp3) is 0.441. The number of ether oxygens (including phenoxy) is 1. The number of benzene rings is 3. The Balaban J connectivity index is 1.38. The van der Waals surface area contributed by atoms with Gasteiger partial charge in [-0.1, -0.05) is 73.2 Å². The minimum absolute atomic E-state index is 0.0220. The summed E-state index contributed by atoms with van der Waals surface area (Å²) in [5.74, 6) is 0.992. The Morgan fingerprint density at radius 1 is 0.947 bits per heavy atom. The number of likely N-dealkylation sites (tertiary alicyclic amines) is 1. The van der Waals surface area contributed by atoms with Crippen LogP contribution in [0.15, 0.2) is 78.9 Å². The number of nitrogens with zero attached hydrogens (tertiary/aromatic N) is 1. The Morgan fingerprint density at radius 2 is 1.66 bits per heavy atom. The van der Waals surface area contributed by atoms with Gasteiger partial charge in [0.25, 0.3) is 0 Å². The first kappa shape index (κ1) is 26.5. The van der Waals surface area contributed by atoms with Gasteiger partial charge < -0.3 is 10.1 Å². The van der Waals surface area contributed by atoms with Gasteiger partial charge in [-0.15, -0.1) is 0 Å². The summed E-state index contributed by atoms with van der Waals surface area (Å²) in [4.78, 5) is 14.9. The maximum absolute atomic E-state index is 12.1. The lowest BCUT2D eigenvalue weighted by molar-refractivity contribution is -0.119. The summed E-state index contributed by atoms with van der Waals surface area (Å²) in [6, 6.07) is 28.2. The Bertz CT molecular complexity index is 1170. The zero-order valence-electron chi connectivity index (χ0n) is 23.0. The first-order valence-electron chi connectivity index (χ1n) is 14.3. The fourth-order valence-corrected chi connectivity index (χ4v) is 7.04. The van der Waals surface area contributed by atoms with Crippen LogP contribution in [-0.2, 0) is 23.1 Å². The predicted molar refractivity (Wildman–Crippen MR) is 155 cm³/mol. The molecule has 3 aromatic carbocycles. The molecule has 1 aliphatic heterocycles. The molecule has 1 aliphatic carbocycles.